The van der Waals surface area contributed by atoms with Crippen LogP contribution in [0.4, 0.5) is 0 Å². The van der Waals surface area contributed by atoms with Crippen molar-refractivity contribution in [3.8, 4) is 5.75 Å². The molecule has 1 N–H and O–H groups in total. The monoisotopic (exact) mass is 258 g/mol. The molecule has 0 heterocycles. The smallest absolute Gasteiger partial charge is 0.240 e. The van der Waals surface area contributed by atoms with Crippen LogP contribution in [-0.4, -0.2) is 47.6 Å². The highest BCUT2D eigenvalue weighted by Crippen LogP contribution is 2.16. The molecule has 0 aliphatic rings. The van der Waals surface area contributed by atoms with Crippen molar-refractivity contribution in [3.05, 3.63) is 24.3 Å². The molecule has 0 spiro atoms. The summed E-state index contributed by atoms with van der Waals surface area (Å²) in [5.74, 6) is 0.528. The SMILES string of the molecule is COc1cccc(S(=O)(=O)NCCN(C)C)c1. The molecule has 1 aromatic carbocycles. The number of nitrogens with zero attached hydrogens (tertiary/aromatic N) is 1. The van der Waals surface area contributed by atoms with E-state index in [2.05, 4.69) is 4.72 Å². The van der Waals surface area contributed by atoms with Crippen molar-refractivity contribution in [1.82, 2.24) is 9.62 Å². The predicted molar refractivity (Wildman–Crippen MR) is 66.7 cm³/mol. The second-order valence-corrected chi connectivity index (χ2v) is 5.65. The van der Waals surface area contributed by atoms with E-state index in [-0.39, 0.29) is 4.90 Å². The molecule has 1 aromatic rings. The third kappa shape index (κ3) is 4.33. The van der Waals surface area contributed by atoms with Gasteiger partial charge in [0, 0.05) is 19.2 Å². The first-order chi connectivity index (χ1) is 7.95. The van der Waals surface area contributed by atoms with Gasteiger partial charge in [-0.05, 0) is 26.2 Å². The molecule has 0 saturated heterocycles. The van der Waals surface area contributed by atoms with Crippen LogP contribution in [0.2, 0.25) is 0 Å². The first-order valence-electron chi connectivity index (χ1n) is 5.24. The molecule has 0 amide bonds. The summed E-state index contributed by atoms with van der Waals surface area (Å²) in [6.45, 7) is 1.04. The van der Waals surface area contributed by atoms with Crippen molar-refractivity contribution < 1.29 is 13.2 Å². The van der Waals surface area contributed by atoms with Crippen LogP contribution in [-0.2, 0) is 10.0 Å². The lowest BCUT2D eigenvalue weighted by molar-refractivity contribution is 0.411. The van der Waals surface area contributed by atoms with Crippen LogP contribution in [0.3, 0.4) is 0 Å². The number of likely N-dealkylation sites (N-methyl/N-ethyl adjacent to an activating group) is 1. The number of methoxy groups -OCH3 is 1. The van der Waals surface area contributed by atoms with Gasteiger partial charge in [0.2, 0.25) is 10.0 Å². The van der Waals surface area contributed by atoms with Gasteiger partial charge >= 0.3 is 0 Å². The van der Waals surface area contributed by atoms with Crippen LogP contribution < -0.4 is 9.46 Å². The van der Waals surface area contributed by atoms with Gasteiger partial charge in [0.05, 0.1) is 12.0 Å². The number of hydrogen-bond acceptors (Lipinski definition) is 4. The van der Waals surface area contributed by atoms with Crippen molar-refractivity contribution in [2.45, 2.75) is 4.90 Å². The molecule has 0 aliphatic carbocycles. The third-order valence-corrected chi connectivity index (χ3v) is 3.66. The van der Waals surface area contributed by atoms with Gasteiger partial charge in [-0.25, -0.2) is 13.1 Å². The van der Waals surface area contributed by atoms with Crippen molar-refractivity contribution in [2.24, 2.45) is 0 Å². The van der Waals surface area contributed by atoms with Crippen LogP contribution >= 0.6 is 0 Å². The van der Waals surface area contributed by atoms with Crippen LogP contribution in [0, 0.1) is 0 Å². The van der Waals surface area contributed by atoms with E-state index in [1.807, 2.05) is 19.0 Å². The minimum absolute atomic E-state index is 0.218. The quantitative estimate of drug-likeness (QED) is 0.809. The summed E-state index contributed by atoms with van der Waals surface area (Å²) in [5.41, 5.74) is 0. The van der Waals surface area contributed by atoms with Gasteiger partial charge in [0.25, 0.3) is 0 Å². The lowest BCUT2D eigenvalue weighted by Gasteiger charge is -2.11. The van der Waals surface area contributed by atoms with Crippen LogP contribution in [0.15, 0.2) is 29.2 Å². The van der Waals surface area contributed by atoms with Gasteiger partial charge < -0.3 is 9.64 Å². The molecule has 96 valence electrons. The molecule has 6 heteroatoms. The van der Waals surface area contributed by atoms with Crippen LogP contribution in [0.25, 0.3) is 0 Å². The van der Waals surface area contributed by atoms with E-state index < -0.39 is 10.0 Å². The van der Waals surface area contributed by atoms with Gasteiger partial charge in [-0.15, -0.1) is 0 Å². The number of benzene rings is 1. The van der Waals surface area contributed by atoms with E-state index in [0.717, 1.165) is 0 Å². The molecule has 0 unspecified atom stereocenters. The summed E-state index contributed by atoms with van der Waals surface area (Å²) in [5, 5.41) is 0. The van der Waals surface area contributed by atoms with Crippen LogP contribution in [0.5, 0.6) is 5.75 Å². The van der Waals surface area contributed by atoms with E-state index in [1.165, 1.54) is 13.2 Å². The van der Waals surface area contributed by atoms with Gasteiger partial charge in [0.15, 0.2) is 0 Å². The summed E-state index contributed by atoms with van der Waals surface area (Å²) in [6, 6.07) is 6.40. The Morgan fingerprint density at radius 1 is 1.35 bits per heavy atom. The molecule has 0 radical (unpaired) electrons. The summed E-state index contributed by atoms with van der Waals surface area (Å²) in [6.07, 6.45) is 0. The van der Waals surface area contributed by atoms with E-state index in [4.69, 9.17) is 4.74 Å². The second kappa shape index (κ2) is 6.00. The maximum absolute atomic E-state index is 11.9. The highest BCUT2D eigenvalue weighted by atomic mass is 32.2. The number of hydrogen-bond donors (Lipinski definition) is 1. The molecular formula is C11H18N2O3S. The number of rotatable bonds is 6. The maximum atomic E-state index is 11.9. The summed E-state index contributed by atoms with van der Waals surface area (Å²) in [4.78, 5) is 2.13. The maximum Gasteiger partial charge on any atom is 0.240 e. The third-order valence-electron chi connectivity index (χ3n) is 2.20. The molecule has 5 nitrogen and oxygen atoms in total. The van der Waals surface area contributed by atoms with Gasteiger partial charge in [-0.3, -0.25) is 0 Å². The molecule has 0 bridgehead atoms. The molecule has 0 fully saturated rings. The van der Waals surface area contributed by atoms with Crippen LogP contribution in [0.1, 0.15) is 0 Å². The van der Waals surface area contributed by atoms with Crippen molar-refractivity contribution in [2.75, 3.05) is 34.3 Å². The number of ether oxygens (including phenoxy) is 1. The average molecular weight is 258 g/mol. The summed E-state index contributed by atoms with van der Waals surface area (Å²) in [7, 11) is 1.84. The fourth-order valence-corrected chi connectivity index (χ4v) is 2.31. The van der Waals surface area contributed by atoms with Crippen molar-refractivity contribution in [1.29, 1.82) is 0 Å². The lowest BCUT2D eigenvalue weighted by atomic mass is 10.3. The van der Waals surface area contributed by atoms with Gasteiger partial charge in [-0.2, -0.15) is 0 Å². The Balaban J connectivity index is 2.75. The largest absolute Gasteiger partial charge is 0.497 e. The molecule has 0 aliphatic heterocycles. The zero-order valence-electron chi connectivity index (χ0n) is 10.3. The first-order valence-corrected chi connectivity index (χ1v) is 6.72. The van der Waals surface area contributed by atoms with Crippen molar-refractivity contribution >= 4 is 10.0 Å². The van der Waals surface area contributed by atoms with E-state index in [0.29, 0.717) is 18.8 Å². The molecular weight excluding hydrogens is 240 g/mol. The first kappa shape index (κ1) is 14.0. The van der Waals surface area contributed by atoms with E-state index in [1.54, 1.807) is 18.2 Å². The van der Waals surface area contributed by atoms with E-state index >= 15 is 0 Å². The van der Waals surface area contributed by atoms with Gasteiger partial charge in [0.1, 0.15) is 5.75 Å². The Morgan fingerprint density at radius 3 is 2.65 bits per heavy atom. The topological polar surface area (TPSA) is 58.6 Å². The molecule has 17 heavy (non-hydrogen) atoms. The highest BCUT2D eigenvalue weighted by Gasteiger charge is 2.13. The Morgan fingerprint density at radius 2 is 2.06 bits per heavy atom. The molecule has 1 rings (SSSR count). The zero-order valence-corrected chi connectivity index (χ0v) is 11.1. The minimum Gasteiger partial charge on any atom is -0.497 e. The van der Waals surface area contributed by atoms with E-state index in [9.17, 15) is 8.42 Å². The molecule has 0 saturated carbocycles. The highest BCUT2D eigenvalue weighted by molar-refractivity contribution is 7.89. The average Bonchev–Trinajstić information content (AvgIpc) is 2.28. The lowest BCUT2D eigenvalue weighted by Crippen LogP contribution is -2.31. The Hall–Kier alpha value is -1.11. The molecule has 0 aromatic heterocycles. The molecule has 0 atom stereocenters. The Kier molecular flexibility index (Phi) is 4.92. The second-order valence-electron chi connectivity index (χ2n) is 3.88. The van der Waals surface area contributed by atoms with Gasteiger partial charge in [-0.1, -0.05) is 6.07 Å². The summed E-state index contributed by atoms with van der Waals surface area (Å²) < 4.78 is 31.3. The fraction of sp³-hybridized carbons (Fsp3) is 0.455. The Bertz CT molecular complexity index is 458. The predicted octanol–water partition coefficient (Wildman–Crippen LogP) is 0.535. The number of sulfonamides is 1. The zero-order chi connectivity index (χ0) is 12.9. The standard InChI is InChI=1S/C11H18N2O3S/c1-13(2)8-7-12-17(14,15)11-6-4-5-10(9-11)16-3/h4-6,9,12H,7-8H2,1-3H3. The minimum atomic E-state index is -3.45. The fourth-order valence-electron chi connectivity index (χ4n) is 1.26. The summed E-state index contributed by atoms with van der Waals surface area (Å²) >= 11 is 0. The normalized spacial score (nSPS) is 11.8. The van der Waals surface area contributed by atoms with Crippen molar-refractivity contribution in [3.63, 3.8) is 0 Å². The number of nitrogens with one attached hydrogen (secondary N) is 1. The Labute approximate surface area is 102 Å².